The third kappa shape index (κ3) is 1.02. The Labute approximate surface area is 77.5 Å². The second-order valence-electron chi connectivity index (χ2n) is 2.54. The number of benzene rings is 1. The van der Waals surface area contributed by atoms with Gasteiger partial charge in [-0.05, 0) is 12.1 Å². The zero-order valence-electron chi connectivity index (χ0n) is 8.43. The van der Waals surface area contributed by atoms with Crippen molar-refractivity contribution in [2.45, 2.75) is 0 Å². The molecule has 3 nitrogen and oxygen atoms in total. The van der Waals surface area contributed by atoms with Crippen LogP contribution in [0, 0.1) is 0 Å². The van der Waals surface area contributed by atoms with E-state index >= 15 is 0 Å². The van der Waals surface area contributed by atoms with Crippen LogP contribution in [-0.4, -0.2) is 9.78 Å². The third-order valence-electron chi connectivity index (χ3n) is 1.56. The SMILES string of the molecule is [2H]c1c(N)c(Cl)c([2H])c2nn(C)cc12. The number of nitrogens with two attached hydrogens (primary N) is 1. The molecule has 0 atom stereocenters. The van der Waals surface area contributed by atoms with Crippen molar-refractivity contribution in [2.75, 3.05) is 5.73 Å². The number of rotatable bonds is 0. The fraction of sp³-hybridized carbons (Fsp3) is 0.125. The van der Waals surface area contributed by atoms with E-state index in [1.807, 2.05) is 0 Å². The van der Waals surface area contributed by atoms with Gasteiger partial charge in [-0.25, -0.2) is 0 Å². The molecular formula is C8H8ClN3. The van der Waals surface area contributed by atoms with E-state index in [0.717, 1.165) is 0 Å². The second-order valence-corrected chi connectivity index (χ2v) is 2.92. The van der Waals surface area contributed by atoms with Crippen LogP contribution < -0.4 is 5.73 Å². The van der Waals surface area contributed by atoms with Crippen LogP contribution in [0.4, 0.5) is 5.69 Å². The number of aryl methyl sites for hydroxylation is 1. The van der Waals surface area contributed by atoms with E-state index in [2.05, 4.69) is 5.10 Å². The zero-order chi connectivity index (χ0) is 10.5. The van der Waals surface area contributed by atoms with Crippen LogP contribution in [0.25, 0.3) is 10.9 Å². The molecule has 0 amide bonds. The summed E-state index contributed by atoms with van der Waals surface area (Å²) in [6, 6.07) is 0.213. The zero-order valence-corrected chi connectivity index (χ0v) is 7.18. The van der Waals surface area contributed by atoms with Gasteiger partial charge in [-0.3, -0.25) is 4.68 Å². The number of anilines is 1. The fourth-order valence-electron chi connectivity index (χ4n) is 1.04. The molecule has 1 aromatic heterocycles. The highest BCUT2D eigenvalue weighted by Gasteiger charge is 2.02. The summed E-state index contributed by atoms with van der Waals surface area (Å²) in [5, 5.41) is 4.70. The van der Waals surface area contributed by atoms with Crippen LogP contribution in [0.3, 0.4) is 0 Å². The summed E-state index contributed by atoms with van der Waals surface area (Å²) >= 11 is 5.79. The third-order valence-corrected chi connectivity index (χ3v) is 1.86. The van der Waals surface area contributed by atoms with E-state index in [1.54, 1.807) is 13.2 Å². The molecule has 0 aliphatic heterocycles. The van der Waals surface area contributed by atoms with Gasteiger partial charge in [-0.2, -0.15) is 5.10 Å². The van der Waals surface area contributed by atoms with E-state index in [1.165, 1.54) is 4.68 Å². The van der Waals surface area contributed by atoms with Gasteiger partial charge < -0.3 is 5.73 Å². The lowest BCUT2D eigenvalue weighted by Gasteiger charge is -1.94. The molecule has 0 fully saturated rings. The Balaban J connectivity index is 3.01. The highest BCUT2D eigenvalue weighted by molar-refractivity contribution is 6.33. The van der Waals surface area contributed by atoms with Gasteiger partial charge in [0.05, 0.1) is 19.0 Å². The fourth-order valence-corrected chi connectivity index (χ4v) is 1.18. The van der Waals surface area contributed by atoms with E-state index in [0.29, 0.717) is 10.9 Å². The predicted octanol–water partition coefficient (Wildman–Crippen LogP) is 1.81. The van der Waals surface area contributed by atoms with Gasteiger partial charge in [0.1, 0.15) is 0 Å². The molecule has 0 spiro atoms. The number of nitrogen functional groups attached to an aromatic ring is 1. The summed E-state index contributed by atoms with van der Waals surface area (Å²) in [7, 11) is 1.73. The van der Waals surface area contributed by atoms with Crippen molar-refractivity contribution in [3.63, 3.8) is 0 Å². The molecule has 1 heterocycles. The van der Waals surface area contributed by atoms with Crippen LogP contribution in [0.5, 0.6) is 0 Å². The first-order chi connectivity index (χ1) is 6.52. The second kappa shape index (κ2) is 2.38. The molecule has 0 saturated heterocycles. The number of halogens is 1. The maximum absolute atomic E-state index is 7.69. The highest BCUT2D eigenvalue weighted by atomic mass is 35.5. The molecule has 0 radical (unpaired) electrons. The minimum atomic E-state index is 0.0794. The Kier molecular flexibility index (Phi) is 1.08. The van der Waals surface area contributed by atoms with E-state index in [9.17, 15) is 0 Å². The number of hydrogen-bond acceptors (Lipinski definition) is 2. The quantitative estimate of drug-likeness (QED) is 0.633. The predicted molar refractivity (Wildman–Crippen MR) is 50.1 cm³/mol. The van der Waals surface area contributed by atoms with Crippen molar-refractivity contribution < 1.29 is 2.74 Å². The minimum Gasteiger partial charge on any atom is -0.398 e. The molecule has 62 valence electrons. The van der Waals surface area contributed by atoms with Crippen molar-refractivity contribution in [1.29, 1.82) is 0 Å². The average Bonchev–Trinajstić information content (AvgIpc) is 2.54. The first kappa shape index (κ1) is 5.43. The molecular weight excluding hydrogens is 174 g/mol. The maximum Gasteiger partial charge on any atom is 0.0939 e. The normalized spacial score (nSPS) is 13.2. The Morgan fingerprint density at radius 2 is 2.42 bits per heavy atom. The van der Waals surface area contributed by atoms with Gasteiger partial charge in [0.15, 0.2) is 0 Å². The van der Waals surface area contributed by atoms with Crippen molar-refractivity contribution in [1.82, 2.24) is 9.78 Å². The van der Waals surface area contributed by atoms with Gasteiger partial charge in [-0.15, -0.1) is 0 Å². The van der Waals surface area contributed by atoms with Crippen LogP contribution in [-0.2, 0) is 7.05 Å². The standard InChI is InChI=1S/C8H8ClN3/c1-12-4-5-2-7(10)6(9)3-8(5)11-12/h2-4H,10H2,1H3/i2D,3D. The van der Waals surface area contributed by atoms with Crippen LogP contribution in [0.2, 0.25) is 5.02 Å². The van der Waals surface area contributed by atoms with Crippen molar-refractivity contribution in [3.05, 3.63) is 23.3 Å². The molecule has 4 heteroatoms. The smallest absolute Gasteiger partial charge is 0.0939 e. The van der Waals surface area contributed by atoms with Crippen molar-refractivity contribution >= 4 is 28.2 Å². The highest BCUT2D eigenvalue weighted by Crippen LogP contribution is 2.24. The van der Waals surface area contributed by atoms with Crippen LogP contribution in [0.1, 0.15) is 2.74 Å². The lowest BCUT2D eigenvalue weighted by Crippen LogP contribution is -1.85. The molecule has 0 unspecified atom stereocenters. The Hall–Kier alpha value is -1.22. The van der Waals surface area contributed by atoms with Gasteiger partial charge in [0, 0.05) is 18.6 Å². The van der Waals surface area contributed by atoms with Crippen LogP contribution in [0.15, 0.2) is 18.3 Å². The van der Waals surface area contributed by atoms with E-state index < -0.39 is 0 Å². The van der Waals surface area contributed by atoms with E-state index in [4.69, 9.17) is 20.1 Å². The molecule has 1 aromatic carbocycles. The first-order valence-electron chi connectivity index (χ1n) is 4.40. The summed E-state index contributed by atoms with van der Waals surface area (Å²) in [6.07, 6.45) is 1.66. The number of nitrogens with zero attached hydrogens (tertiary/aromatic N) is 2. The molecule has 0 aliphatic carbocycles. The van der Waals surface area contributed by atoms with Gasteiger partial charge in [0.25, 0.3) is 0 Å². The van der Waals surface area contributed by atoms with Gasteiger partial charge >= 0.3 is 0 Å². The molecule has 2 aromatic rings. The van der Waals surface area contributed by atoms with Gasteiger partial charge in [0.2, 0.25) is 0 Å². The lowest BCUT2D eigenvalue weighted by molar-refractivity contribution is 0.780. The first-order valence-corrected chi connectivity index (χ1v) is 3.77. The van der Waals surface area contributed by atoms with E-state index in [-0.39, 0.29) is 22.8 Å². The van der Waals surface area contributed by atoms with Crippen LogP contribution >= 0.6 is 11.6 Å². The number of hydrogen-bond donors (Lipinski definition) is 1. The average molecular weight is 184 g/mol. The molecule has 2 rings (SSSR count). The molecule has 0 aliphatic rings. The summed E-state index contributed by atoms with van der Waals surface area (Å²) in [4.78, 5) is 0. The molecule has 12 heavy (non-hydrogen) atoms. The summed E-state index contributed by atoms with van der Waals surface area (Å²) in [6.45, 7) is 0. The Bertz CT molecular complexity index is 476. The summed E-state index contributed by atoms with van der Waals surface area (Å²) < 4.78 is 16.9. The Morgan fingerprint density at radius 1 is 1.67 bits per heavy atom. The van der Waals surface area contributed by atoms with Crippen molar-refractivity contribution in [2.24, 2.45) is 7.05 Å². The number of aromatic nitrogens is 2. The molecule has 0 saturated carbocycles. The number of fused-ring (bicyclic) bond motifs is 1. The van der Waals surface area contributed by atoms with Gasteiger partial charge in [-0.1, -0.05) is 11.6 Å². The minimum absolute atomic E-state index is 0.0794. The van der Waals surface area contributed by atoms with Crippen molar-refractivity contribution in [3.8, 4) is 0 Å². The maximum atomic E-state index is 7.69. The molecule has 2 N–H and O–H groups in total. The monoisotopic (exact) mass is 183 g/mol. The Morgan fingerprint density at radius 3 is 3.17 bits per heavy atom. The largest absolute Gasteiger partial charge is 0.398 e. The topological polar surface area (TPSA) is 43.8 Å². The molecule has 0 bridgehead atoms. The summed E-state index contributed by atoms with van der Waals surface area (Å²) in [5.74, 6) is 0. The summed E-state index contributed by atoms with van der Waals surface area (Å²) in [5.41, 5.74) is 6.13. The lowest BCUT2D eigenvalue weighted by atomic mass is 10.2.